The molecule has 0 aromatic carbocycles. The minimum Gasteiger partial charge on any atom is -0.347 e. The van der Waals surface area contributed by atoms with Crippen molar-refractivity contribution in [3.05, 3.63) is 54.0 Å². The number of anilines is 1. The maximum absolute atomic E-state index is 4.37. The molecule has 0 spiro atoms. The Morgan fingerprint density at radius 2 is 2.17 bits per heavy atom. The molecule has 0 saturated heterocycles. The molecular weight excluding hydrogens is 226 g/mol. The number of nitrogens with zero attached hydrogens (tertiary/aromatic N) is 4. The van der Waals surface area contributed by atoms with Gasteiger partial charge in [0, 0.05) is 12.4 Å². The van der Waals surface area contributed by atoms with Crippen LogP contribution in [0.3, 0.4) is 0 Å². The van der Waals surface area contributed by atoms with Crippen LogP contribution in [0, 0.1) is 6.92 Å². The Morgan fingerprint density at radius 3 is 3.00 bits per heavy atom. The van der Waals surface area contributed by atoms with Gasteiger partial charge in [-0.1, -0.05) is 12.1 Å². The van der Waals surface area contributed by atoms with Gasteiger partial charge in [-0.25, -0.2) is 4.52 Å². The molecule has 0 fully saturated rings. The summed E-state index contributed by atoms with van der Waals surface area (Å²) in [6.07, 6.45) is 3.67. The number of nitrogens with one attached hydrogen (secondary N) is 1. The fourth-order valence-electron chi connectivity index (χ4n) is 1.77. The van der Waals surface area contributed by atoms with Crippen LogP contribution in [0.1, 0.15) is 11.3 Å². The molecule has 0 aliphatic heterocycles. The van der Waals surface area contributed by atoms with Gasteiger partial charge in [-0.05, 0) is 30.7 Å². The fraction of sp³-hybridized carbons (Fsp3) is 0.154. The maximum Gasteiger partial charge on any atom is 0.243 e. The lowest BCUT2D eigenvalue weighted by Crippen LogP contribution is -2.04. The molecular formula is C13H13N5. The van der Waals surface area contributed by atoms with Gasteiger partial charge in [0.25, 0.3) is 0 Å². The van der Waals surface area contributed by atoms with Gasteiger partial charge in [0.15, 0.2) is 5.65 Å². The molecule has 5 nitrogen and oxygen atoms in total. The number of pyridine rings is 2. The van der Waals surface area contributed by atoms with Gasteiger partial charge in [0.2, 0.25) is 5.95 Å². The highest BCUT2D eigenvalue weighted by Crippen LogP contribution is 2.08. The average Bonchev–Trinajstić information content (AvgIpc) is 2.80. The smallest absolute Gasteiger partial charge is 0.243 e. The normalized spacial score (nSPS) is 10.7. The molecule has 0 atom stereocenters. The van der Waals surface area contributed by atoms with Crippen molar-refractivity contribution < 1.29 is 0 Å². The van der Waals surface area contributed by atoms with Gasteiger partial charge in [-0.3, -0.25) is 4.98 Å². The van der Waals surface area contributed by atoms with E-state index in [2.05, 4.69) is 20.4 Å². The number of hydrogen-bond acceptors (Lipinski definition) is 4. The van der Waals surface area contributed by atoms with Crippen molar-refractivity contribution >= 4 is 11.6 Å². The van der Waals surface area contributed by atoms with Gasteiger partial charge < -0.3 is 5.32 Å². The number of rotatable bonds is 3. The number of hydrogen-bond donors (Lipinski definition) is 1. The Hall–Kier alpha value is -2.43. The van der Waals surface area contributed by atoms with Crippen LogP contribution in [0.4, 0.5) is 5.95 Å². The molecule has 0 saturated carbocycles. The molecule has 0 amide bonds. The summed E-state index contributed by atoms with van der Waals surface area (Å²) in [7, 11) is 0. The highest BCUT2D eigenvalue weighted by atomic mass is 15.3. The lowest BCUT2D eigenvalue weighted by atomic mass is 10.2. The predicted octanol–water partition coefficient (Wildman–Crippen LogP) is 2.04. The Morgan fingerprint density at radius 1 is 1.22 bits per heavy atom. The van der Waals surface area contributed by atoms with Crippen molar-refractivity contribution in [2.75, 3.05) is 5.32 Å². The van der Waals surface area contributed by atoms with Crippen molar-refractivity contribution in [1.29, 1.82) is 0 Å². The number of aryl methyl sites for hydroxylation is 1. The highest BCUT2D eigenvalue weighted by molar-refractivity contribution is 5.43. The second kappa shape index (κ2) is 4.44. The van der Waals surface area contributed by atoms with E-state index in [0.29, 0.717) is 12.5 Å². The Labute approximate surface area is 105 Å². The summed E-state index contributed by atoms with van der Waals surface area (Å²) >= 11 is 0. The van der Waals surface area contributed by atoms with E-state index >= 15 is 0 Å². The van der Waals surface area contributed by atoms with Gasteiger partial charge in [0.05, 0.1) is 12.2 Å². The van der Waals surface area contributed by atoms with Crippen molar-refractivity contribution in [2.45, 2.75) is 13.5 Å². The van der Waals surface area contributed by atoms with Crippen molar-refractivity contribution in [3.8, 4) is 0 Å². The summed E-state index contributed by atoms with van der Waals surface area (Å²) in [4.78, 5) is 8.69. The summed E-state index contributed by atoms with van der Waals surface area (Å²) in [5, 5.41) is 7.51. The monoisotopic (exact) mass is 239 g/mol. The third kappa shape index (κ3) is 2.02. The van der Waals surface area contributed by atoms with Crippen LogP contribution in [0.25, 0.3) is 5.65 Å². The summed E-state index contributed by atoms with van der Waals surface area (Å²) < 4.78 is 1.74. The standard InChI is InChI=1S/C13H13N5/c1-10-5-4-7-14-11(10)9-15-13-16-12-6-2-3-8-18(12)17-13/h2-8H,9H2,1H3,(H,15,17). The summed E-state index contributed by atoms with van der Waals surface area (Å²) in [5.74, 6) is 0.617. The summed E-state index contributed by atoms with van der Waals surface area (Å²) in [5.41, 5.74) is 3.00. The van der Waals surface area contributed by atoms with Crippen LogP contribution in [0.2, 0.25) is 0 Å². The average molecular weight is 239 g/mol. The van der Waals surface area contributed by atoms with Crippen molar-refractivity contribution in [3.63, 3.8) is 0 Å². The minimum atomic E-state index is 0.617. The van der Waals surface area contributed by atoms with Crippen LogP contribution in [-0.2, 0) is 6.54 Å². The van der Waals surface area contributed by atoms with Crippen LogP contribution in [0.15, 0.2) is 42.7 Å². The quantitative estimate of drug-likeness (QED) is 0.760. The van der Waals surface area contributed by atoms with E-state index in [4.69, 9.17) is 0 Å². The lowest BCUT2D eigenvalue weighted by Gasteiger charge is -2.03. The first-order chi connectivity index (χ1) is 8.83. The Kier molecular flexibility index (Phi) is 2.64. The van der Waals surface area contributed by atoms with E-state index in [9.17, 15) is 0 Å². The second-order valence-corrected chi connectivity index (χ2v) is 4.06. The first-order valence-electron chi connectivity index (χ1n) is 5.79. The van der Waals surface area contributed by atoms with Gasteiger partial charge in [-0.2, -0.15) is 4.98 Å². The minimum absolute atomic E-state index is 0.617. The first-order valence-corrected chi connectivity index (χ1v) is 5.79. The van der Waals surface area contributed by atoms with Crippen LogP contribution in [-0.4, -0.2) is 19.6 Å². The molecule has 0 unspecified atom stereocenters. The van der Waals surface area contributed by atoms with E-state index < -0.39 is 0 Å². The molecule has 3 heterocycles. The molecule has 0 aliphatic rings. The molecule has 3 aromatic rings. The van der Waals surface area contributed by atoms with Crippen molar-refractivity contribution in [1.82, 2.24) is 19.6 Å². The van der Waals surface area contributed by atoms with Crippen molar-refractivity contribution in [2.24, 2.45) is 0 Å². The Balaban J connectivity index is 1.79. The van der Waals surface area contributed by atoms with Crippen LogP contribution >= 0.6 is 0 Å². The molecule has 1 N–H and O–H groups in total. The molecule has 0 bridgehead atoms. The van der Waals surface area contributed by atoms with E-state index in [1.54, 1.807) is 10.7 Å². The molecule has 18 heavy (non-hydrogen) atoms. The van der Waals surface area contributed by atoms with Crippen LogP contribution < -0.4 is 5.32 Å². The fourth-order valence-corrected chi connectivity index (χ4v) is 1.77. The van der Waals surface area contributed by atoms with Gasteiger partial charge in [-0.15, -0.1) is 5.10 Å². The summed E-state index contributed by atoms with van der Waals surface area (Å²) in [6.45, 7) is 2.67. The molecule has 0 radical (unpaired) electrons. The second-order valence-electron chi connectivity index (χ2n) is 4.06. The number of aromatic nitrogens is 4. The van der Waals surface area contributed by atoms with Crippen LogP contribution in [0.5, 0.6) is 0 Å². The van der Waals surface area contributed by atoms with Gasteiger partial charge >= 0.3 is 0 Å². The zero-order chi connectivity index (χ0) is 12.4. The molecule has 3 rings (SSSR count). The molecule has 0 aliphatic carbocycles. The topological polar surface area (TPSA) is 55.1 Å². The third-order valence-electron chi connectivity index (χ3n) is 2.77. The number of fused-ring (bicyclic) bond motifs is 1. The maximum atomic E-state index is 4.37. The van der Waals surface area contributed by atoms with E-state index in [0.717, 1.165) is 16.9 Å². The third-order valence-corrected chi connectivity index (χ3v) is 2.77. The first kappa shape index (κ1) is 10.7. The van der Waals surface area contributed by atoms with E-state index in [1.165, 1.54) is 0 Å². The largest absolute Gasteiger partial charge is 0.347 e. The molecule has 3 aromatic heterocycles. The van der Waals surface area contributed by atoms with Gasteiger partial charge in [0.1, 0.15) is 0 Å². The highest BCUT2D eigenvalue weighted by Gasteiger charge is 2.03. The zero-order valence-electron chi connectivity index (χ0n) is 10.0. The molecule has 5 heteroatoms. The lowest BCUT2D eigenvalue weighted by molar-refractivity contribution is 0.937. The van der Waals surface area contributed by atoms with E-state index in [-0.39, 0.29) is 0 Å². The Bertz CT molecular complexity index is 641. The molecule has 90 valence electrons. The zero-order valence-corrected chi connectivity index (χ0v) is 10.0. The van der Waals surface area contributed by atoms with E-state index in [1.807, 2.05) is 43.5 Å². The predicted molar refractivity (Wildman–Crippen MR) is 69.3 cm³/mol. The summed E-state index contributed by atoms with van der Waals surface area (Å²) in [6, 6.07) is 9.76. The SMILES string of the molecule is Cc1cccnc1CNc1nc2ccccn2n1.